The Balaban J connectivity index is 1.45. The molecule has 0 spiro atoms. The molecule has 0 bridgehead atoms. The van der Waals surface area contributed by atoms with Crippen molar-refractivity contribution in [2.45, 2.75) is 24.3 Å². The van der Waals surface area contributed by atoms with Crippen molar-refractivity contribution >= 4 is 38.1 Å². The van der Waals surface area contributed by atoms with Crippen LogP contribution in [-0.4, -0.2) is 34.6 Å². The predicted molar refractivity (Wildman–Crippen MR) is 144 cm³/mol. The number of hydrogen-bond acceptors (Lipinski definition) is 6. The van der Waals surface area contributed by atoms with Crippen LogP contribution in [0.25, 0.3) is 10.8 Å². The lowest BCUT2D eigenvalue weighted by Crippen LogP contribution is -2.32. The van der Waals surface area contributed by atoms with Crippen molar-refractivity contribution < 1.29 is 27.4 Å². The molecule has 9 heteroatoms. The van der Waals surface area contributed by atoms with Crippen molar-refractivity contribution in [3.63, 3.8) is 0 Å². The summed E-state index contributed by atoms with van der Waals surface area (Å²) in [7, 11) is -0.948. The maximum absolute atomic E-state index is 12.9. The van der Waals surface area contributed by atoms with E-state index in [2.05, 4.69) is 10.0 Å². The first-order valence-electron chi connectivity index (χ1n) is 11.6. The summed E-state index contributed by atoms with van der Waals surface area (Å²) in [6.45, 7) is 1.87. The number of nitrogens with one attached hydrogen (secondary N) is 2. The highest BCUT2D eigenvalue weighted by molar-refractivity contribution is 7.92. The maximum atomic E-state index is 12.9. The van der Waals surface area contributed by atoms with E-state index in [-0.39, 0.29) is 16.5 Å². The number of rotatable bonds is 10. The van der Waals surface area contributed by atoms with Crippen LogP contribution in [0.5, 0.6) is 17.2 Å². The molecule has 0 fully saturated rings. The number of methoxy groups -OCH3 is 2. The van der Waals surface area contributed by atoms with E-state index in [9.17, 15) is 13.2 Å². The standard InChI is InChI=1S/C28H28N2O6S/c1-4-25(36-26-11-7-9-19-8-5-6-10-23(19)26)28(31)29-20-12-15-22(16-13-20)37(32,33)30-24-17-14-21(34-2)18-27(24)35-3/h5-18,25,30H,4H2,1-3H3,(H,29,31)/t25-/m1/s1. The summed E-state index contributed by atoms with van der Waals surface area (Å²) in [5, 5.41) is 4.75. The van der Waals surface area contributed by atoms with Crippen LogP contribution in [0.4, 0.5) is 11.4 Å². The zero-order chi connectivity index (χ0) is 26.4. The zero-order valence-electron chi connectivity index (χ0n) is 20.7. The van der Waals surface area contributed by atoms with Crippen molar-refractivity contribution in [3.05, 3.63) is 84.9 Å². The highest BCUT2D eigenvalue weighted by Crippen LogP contribution is 2.31. The van der Waals surface area contributed by atoms with Gasteiger partial charge in [0.05, 0.1) is 24.8 Å². The SMILES string of the molecule is CC[C@@H](Oc1cccc2ccccc12)C(=O)Nc1ccc(S(=O)(=O)Nc2ccc(OC)cc2OC)cc1. The van der Waals surface area contributed by atoms with Gasteiger partial charge in [-0.1, -0.05) is 43.3 Å². The Bertz CT molecular complexity index is 1500. The fourth-order valence-electron chi connectivity index (χ4n) is 3.80. The quantitative estimate of drug-likeness (QED) is 0.288. The van der Waals surface area contributed by atoms with Crippen molar-refractivity contribution in [1.82, 2.24) is 0 Å². The molecule has 37 heavy (non-hydrogen) atoms. The van der Waals surface area contributed by atoms with Crippen LogP contribution in [-0.2, 0) is 14.8 Å². The number of anilines is 2. The molecule has 2 N–H and O–H groups in total. The average molecular weight is 521 g/mol. The van der Waals surface area contributed by atoms with Crippen molar-refractivity contribution in [3.8, 4) is 17.2 Å². The highest BCUT2D eigenvalue weighted by atomic mass is 32.2. The van der Waals surface area contributed by atoms with Crippen molar-refractivity contribution in [2.24, 2.45) is 0 Å². The normalized spacial score (nSPS) is 12.0. The Kier molecular flexibility index (Phi) is 7.83. The minimum Gasteiger partial charge on any atom is -0.497 e. The molecule has 8 nitrogen and oxygen atoms in total. The second-order valence-corrected chi connectivity index (χ2v) is 9.86. The maximum Gasteiger partial charge on any atom is 0.265 e. The van der Waals surface area contributed by atoms with Crippen molar-refractivity contribution in [2.75, 3.05) is 24.3 Å². The molecule has 4 aromatic rings. The molecule has 0 saturated carbocycles. The number of benzene rings is 4. The van der Waals surface area contributed by atoms with Crippen LogP contribution >= 0.6 is 0 Å². The second kappa shape index (κ2) is 11.2. The monoisotopic (exact) mass is 520 g/mol. The van der Waals surface area contributed by atoms with Gasteiger partial charge in [-0.25, -0.2) is 8.42 Å². The smallest absolute Gasteiger partial charge is 0.265 e. The lowest BCUT2D eigenvalue weighted by Gasteiger charge is -2.19. The first-order valence-corrected chi connectivity index (χ1v) is 13.1. The van der Waals surface area contributed by atoms with E-state index < -0.39 is 16.1 Å². The van der Waals surface area contributed by atoms with Gasteiger partial charge in [0, 0.05) is 17.1 Å². The topological polar surface area (TPSA) is 103 Å². The molecule has 4 rings (SSSR count). The Morgan fingerprint density at radius 1 is 0.865 bits per heavy atom. The van der Waals surface area contributed by atoms with Crippen molar-refractivity contribution in [1.29, 1.82) is 0 Å². The molecule has 0 unspecified atom stereocenters. The van der Waals surface area contributed by atoms with Crippen LogP contribution in [0.3, 0.4) is 0 Å². The van der Waals surface area contributed by atoms with E-state index in [0.29, 0.717) is 29.4 Å². The third kappa shape index (κ3) is 5.95. The van der Waals surface area contributed by atoms with Crippen LogP contribution in [0.2, 0.25) is 0 Å². The van der Waals surface area contributed by atoms with Gasteiger partial charge in [-0.3, -0.25) is 9.52 Å². The van der Waals surface area contributed by atoms with E-state index in [0.717, 1.165) is 10.8 Å². The number of carbonyl (C=O) groups excluding carboxylic acids is 1. The number of amides is 1. The van der Waals surface area contributed by atoms with Gasteiger partial charge in [0.1, 0.15) is 17.2 Å². The Morgan fingerprint density at radius 2 is 1.59 bits per heavy atom. The van der Waals surface area contributed by atoms with Crippen LogP contribution in [0, 0.1) is 0 Å². The molecule has 0 aliphatic carbocycles. The van der Waals surface area contributed by atoms with Gasteiger partial charge in [0.25, 0.3) is 15.9 Å². The fourth-order valence-corrected chi connectivity index (χ4v) is 4.87. The molecule has 1 amide bonds. The zero-order valence-corrected chi connectivity index (χ0v) is 21.5. The van der Waals surface area contributed by atoms with Gasteiger partial charge in [0.15, 0.2) is 6.10 Å². The van der Waals surface area contributed by atoms with Crippen LogP contribution < -0.4 is 24.2 Å². The molecular weight excluding hydrogens is 492 g/mol. The largest absolute Gasteiger partial charge is 0.497 e. The van der Waals surface area contributed by atoms with E-state index in [1.54, 1.807) is 18.2 Å². The first kappa shape index (κ1) is 25.8. The third-order valence-corrected chi connectivity index (χ3v) is 7.15. The number of hydrogen-bond donors (Lipinski definition) is 2. The summed E-state index contributed by atoms with van der Waals surface area (Å²) in [6, 6.07) is 24.2. The molecule has 0 saturated heterocycles. The third-order valence-electron chi connectivity index (χ3n) is 5.77. The van der Waals surface area contributed by atoms with Crippen LogP contribution in [0.1, 0.15) is 13.3 Å². The lowest BCUT2D eigenvalue weighted by atomic mass is 10.1. The summed E-state index contributed by atoms with van der Waals surface area (Å²) in [5.41, 5.74) is 0.725. The van der Waals surface area contributed by atoms with E-state index in [1.807, 2.05) is 49.4 Å². The molecule has 4 aromatic carbocycles. The molecule has 192 valence electrons. The molecule has 0 aliphatic rings. The summed E-state index contributed by atoms with van der Waals surface area (Å²) in [5.74, 6) is 1.16. The van der Waals surface area contributed by atoms with Gasteiger partial charge < -0.3 is 19.5 Å². The summed E-state index contributed by atoms with van der Waals surface area (Å²) in [6.07, 6.45) is -0.270. The Hall–Kier alpha value is -4.24. The molecule has 0 aliphatic heterocycles. The molecular formula is C28H28N2O6S. The number of sulfonamides is 1. The van der Waals surface area contributed by atoms with Gasteiger partial charge >= 0.3 is 0 Å². The Morgan fingerprint density at radius 3 is 2.30 bits per heavy atom. The van der Waals surface area contributed by atoms with Gasteiger partial charge in [-0.15, -0.1) is 0 Å². The van der Waals surface area contributed by atoms with Crippen LogP contribution in [0.15, 0.2) is 89.8 Å². The molecule has 0 radical (unpaired) electrons. The van der Waals surface area contributed by atoms with Gasteiger partial charge in [0.2, 0.25) is 0 Å². The highest BCUT2D eigenvalue weighted by Gasteiger charge is 2.21. The van der Waals surface area contributed by atoms with Gasteiger partial charge in [-0.2, -0.15) is 0 Å². The number of fused-ring (bicyclic) bond motifs is 1. The van der Waals surface area contributed by atoms with E-state index in [1.165, 1.54) is 38.5 Å². The summed E-state index contributed by atoms with van der Waals surface area (Å²) >= 11 is 0. The summed E-state index contributed by atoms with van der Waals surface area (Å²) in [4.78, 5) is 13.0. The summed E-state index contributed by atoms with van der Waals surface area (Å²) < 4.78 is 44.8. The lowest BCUT2D eigenvalue weighted by molar-refractivity contribution is -0.122. The minimum absolute atomic E-state index is 0.0300. The van der Waals surface area contributed by atoms with Gasteiger partial charge in [-0.05, 0) is 54.3 Å². The molecule has 0 aromatic heterocycles. The van der Waals surface area contributed by atoms with E-state index in [4.69, 9.17) is 14.2 Å². The predicted octanol–water partition coefficient (Wildman–Crippen LogP) is 5.45. The number of ether oxygens (including phenoxy) is 3. The number of carbonyl (C=O) groups is 1. The second-order valence-electron chi connectivity index (χ2n) is 8.18. The average Bonchev–Trinajstić information content (AvgIpc) is 2.92. The fraction of sp³-hybridized carbons (Fsp3) is 0.179. The Labute approximate surface area is 216 Å². The molecule has 1 atom stereocenters. The minimum atomic E-state index is -3.90. The molecule has 0 heterocycles. The van der Waals surface area contributed by atoms with E-state index >= 15 is 0 Å². The first-order chi connectivity index (χ1) is 17.8.